The van der Waals surface area contributed by atoms with E-state index in [9.17, 15) is 0 Å². The Hall–Kier alpha value is 0.0200. The van der Waals surface area contributed by atoms with Gasteiger partial charge >= 0.3 is 0 Å². The van der Waals surface area contributed by atoms with Crippen molar-refractivity contribution in [1.82, 2.24) is 5.32 Å². The van der Waals surface area contributed by atoms with Crippen molar-refractivity contribution in [2.24, 2.45) is 0 Å². The predicted octanol–water partition coefficient (Wildman–Crippen LogP) is 2.28. The van der Waals surface area contributed by atoms with Crippen molar-refractivity contribution >= 4 is 15.9 Å². The first kappa shape index (κ1) is 9.02. The number of rotatable bonds is 6. The molecule has 0 aromatic carbocycles. The van der Waals surface area contributed by atoms with Gasteiger partial charge in [0.05, 0.1) is 0 Å². The minimum Gasteiger partial charge on any atom is -0.391 e. The van der Waals surface area contributed by atoms with Crippen molar-refractivity contribution in [3.8, 4) is 0 Å². The molecule has 0 saturated carbocycles. The van der Waals surface area contributed by atoms with E-state index in [0.29, 0.717) is 0 Å². The van der Waals surface area contributed by atoms with Crippen LogP contribution in [0.15, 0.2) is 12.8 Å². The highest BCUT2D eigenvalue weighted by Crippen LogP contribution is 1.96. The van der Waals surface area contributed by atoms with E-state index in [0.717, 1.165) is 11.9 Å². The maximum absolute atomic E-state index is 3.56. The molecule has 0 rings (SSSR count). The van der Waals surface area contributed by atoms with Gasteiger partial charge in [0.25, 0.3) is 0 Å². The van der Waals surface area contributed by atoms with Gasteiger partial charge in [-0.2, -0.15) is 0 Å². The minimum atomic E-state index is 1.07. The summed E-state index contributed by atoms with van der Waals surface area (Å²) in [7, 11) is 0. The zero-order valence-electron chi connectivity index (χ0n) is 5.70. The zero-order valence-corrected chi connectivity index (χ0v) is 7.28. The second-order valence-electron chi connectivity index (χ2n) is 1.91. The monoisotopic (exact) mass is 191 g/mol. The van der Waals surface area contributed by atoms with Crippen LogP contribution in [0.25, 0.3) is 0 Å². The molecule has 0 aromatic heterocycles. The molecule has 0 aliphatic rings. The van der Waals surface area contributed by atoms with E-state index in [1.807, 2.05) is 0 Å². The third kappa shape index (κ3) is 8.02. The Bertz CT molecular complexity index is 63.9. The molecule has 0 fully saturated rings. The van der Waals surface area contributed by atoms with E-state index in [1.165, 1.54) is 19.3 Å². The van der Waals surface area contributed by atoms with Crippen molar-refractivity contribution in [1.29, 1.82) is 0 Å². The summed E-state index contributed by atoms with van der Waals surface area (Å²) in [4.78, 5) is 0. The highest BCUT2D eigenvalue weighted by Gasteiger charge is 1.83. The lowest BCUT2D eigenvalue weighted by Crippen LogP contribution is -2.05. The molecule has 0 saturated heterocycles. The summed E-state index contributed by atoms with van der Waals surface area (Å²) < 4.78 is 0. The van der Waals surface area contributed by atoms with Gasteiger partial charge in [0.15, 0.2) is 0 Å². The van der Waals surface area contributed by atoms with Crippen molar-refractivity contribution in [3.63, 3.8) is 0 Å². The summed E-state index contributed by atoms with van der Waals surface area (Å²) in [5.41, 5.74) is 0. The first-order valence-corrected chi connectivity index (χ1v) is 4.44. The fraction of sp³-hybridized carbons (Fsp3) is 0.714. The summed E-state index contributed by atoms with van der Waals surface area (Å²) in [6.07, 6.45) is 5.57. The number of halogens is 1. The lowest BCUT2D eigenvalue weighted by molar-refractivity contribution is 0.688. The van der Waals surface area contributed by atoms with Gasteiger partial charge in [0, 0.05) is 11.9 Å². The van der Waals surface area contributed by atoms with Crippen molar-refractivity contribution in [2.75, 3.05) is 11.9 Å². The molecule has 0 bridgehead atoms. The standard InChI is InChI=1S/C7H14BrN/c1-2-9-7-5-3-4-6-8/h2,9H,1,3-7H2. The zero-order chi connectivity index (χ0) is 6.95. The van der Waals surface area contributed by atoms with E-state index < -0.39 is 0 Å². The summed E-state index contributed by atoms with van der Waals surface area (Å²) >= 11 is 3.38. The molecular formula is C7H14BrN. The van der Waals surface area contributed by atoms with Gasteiger partial charge < -0.3 is 5.32 Å². The first-order chi connectivity index (χ1) is 4.41. The van der Waals surface area contributed by atoms with E-state index in [1.54, 1.807) is 6.20 Å². The summed E-state index contributed by atoms with van der Waals surface area (Å²) in [6, 6.07) is 0. The number of unbranched alkanes of at least 4 members (excludes halogenated alkanes) is 2. The van der Waals surface area contributed by atoms with Gasteiger partial charge in [-0.1, -0.05) is 28.9 Å². The van der Waals surface area contributed by atoms with Gasteiger partial charge in [-0.15, -0.1) is 0 Å². The lowest BCUT2D eigenvalue weighted by Gasteiger charge is -1.97. The molecule has 0 atom stereocenters. The number of hydrogen-bond donors (Lipinski definition) is 1. The van der Waals surface area contributed by atoms with Crippen LogP contribution in [-0.4, -0.2) is 11.9 Å². The fourth-order valence-electron chi connectivity index (χ4n) is 0.600. The topological polar surface area (TPSA) is 12.0 Å². The van der Waals surface area contributed by atoms with Crippen LogP contribution in [0.3, 0.4) is 0 Å². The van der Waals surface area contributed by atoms with Crippen LogP contribution in [0.5, 0.6) is 0 Å². The van der Waals surface area contributed by atoms with Gasteiger partial charge in [0.2, 0.25) is 0 Å². The highest BCUT2D eigenvalue weighted by atomic mass is 79.9. The highest BCUT2D eigenvalue weighted by molar-refractivity contribution is 9.09. The van der Waals surface area contributed by atoms with Gasteiger partial charge in [-0.3, -0.25) is 0 Å². The quantitative estimate of drug-likeness (QED) is 0.502. The van der Waals surface area contributed by atoms with Gasteiger partial charge in [0.1, 0.15) is 0 Å². The summed E-state index contributed by atoms with van der Waals surface area (Å²) in [5, 5.41) is 4.18. The van der Waals surface area contributed by atoms with Crippen LogP contribution in [0.2, 0.25) is 0 Å². The molecule has 1 nitrogen and oxygen atoms in total. The SMILES string of the molecule is C=CNCCCCCBr. The number of nitrogens with one attached hydrogen (secondary N) is 1. The average Bonchev–Trinajstić information content (AvgIpc) is 1.89. The van der Waals surface area contributed by atoms with Crippen LogP contribution in [0.1, 0.15) is 19.3 Å². The lowest BCUT2D eigenvalue weighted by atomic mass is 10.2. The molecule has 0 amide bonds. The molecule has 0 radical (unpaired) electrons. The Morgan fingerprint density at radius 3 is 2.67 bits per heavy atom. The Morgan fingerprint density at radius 2 is 2.11 bits per heavy atom. The molecule has 54 valence electrons. The molecular weight excluding hydrogens is 178 g/mol. The van der Waals surface area contributed by atoms with E-state index in [-0.39, 0.29) is 0 Å². The Morgan fingerprint density at radius 1 is 1.33 bits per heavy atom. The van der Waals surface area contributed by atoms with Crippen LogP contribution in [-0.2, 0) is 0 Å². The molecule has 1 N–H and O–H groups in total. The average molecular weight is 192 g/mol. The van der Waals surface area contributed by atoms with E-state index >= 15 is 0 Å². The summed E-state index contributed by atoms with van der Waals surface area (Å²) in [5.74, 6) is 0. The molecule has 0 aromatic rings. The smallest absolute Gasteiger partial charge is 0.0141 e. The molecule has 0 spiro atoms. The first-order valence-electron chi connectivity index (χ1n) is 3.32. The largest absolute Gasteiger partial charge is 0.391 e. The molecule has 0 aliphatic carbocycles. The maximum atomic E-state index is 3.56. The maximum Gasteiger partial charge on any atom is 0.0141 e. The third-order valence-corrected chi connectivity index (χ3v) is 1.66. The van der Waals surface area contributed by atoms with Crippen LogP contribution in [0.4, 0.5) is 0 Å². The van der Waals surface area contributed by atoms with Crippen molar-refractivity contribution in [3.05, 3.63) is 12.8 Å². The van der Waals surface area contributed by atoms with Gasteiger partial charge in [-0.05, 0) is 19.0 Å². The molecule has 0 aliphatic heterocycles. The fourth-order valence-corrected chi connectivity index (χ4v) is 0.997. The number of alkyl halides is 1. The Kier molecular flexibility index (Phi) is 8.04. The van der Waals surface area contributed by atoms with Gasteiger partial charge in [-0.25, -0.2) is 0 Å². The van der Waals surface area contributed by atoms with E-state index in [2.05, 4.69) is 27.8 Å². The predicted molar refractivity (Wildman–Crippen MR) is 45.8 cm³/mol. The van der Waals surface area contributed by atoms with Crippen LogP contribution >= 0.6 is 15.9 Å². The van der Waals surface area contributed by atoms with E-state index in [4.69, 9.17) is 0 Å². The summed E-state index contributed by atoms with van der Waals surface area (Å²) in [6.45, 7) is 4.62. The molecule has 2 heteroatoms. The molecule has 0 unspecified atom stereocenters. The van der Waals surface area contributed by atoms with Crippen molar-refractivity contribution < 1.29 is 0 Å². The Labute approximate surface area is 65.7 Å². The Balaban J connectivity index is 2.66. The number of hydrogen-bond acceptors (Lipinski definition) is 1. The third-order valence-electron chi connectivity index (χ3n) is 1.10. The van der Waals surface area contributed by atoms with Crippen LogP contribution in [0, 0.1) is 0 Å². The molecule has 9 heavy (non-hydrogen) atoms. The minimum absolute atomic E-state index is 1.07. The normalized spacial score (nSPS) is 9.00. The van der Waals surface area contributed by atoms with Crippen molar-refractivity contribution in [2.45, 2.75) is 19.3 Å². The van der Waals surface area contributed by atoms with Crippen LogP contribution < -0.4 is 5.32 Å². The second kappa shape index (κ2) is 8.02. The second-order valence-corrected chi connectivity index (χ2v) is 2.70. The molecule has 0 heterocycles.